The molecule has 170 valence electrons. The molecular weight excluding hydrogens is 398 g/mol. The summed E-state index contributed by atoms with van der Waals surface area (Å²) < 4.78 is 0. The second kappa shape index (κ2) is 12.1. The lowest BCUT2D eigenvalue weighted by molar-refractivity contribution is -0.149. The molecule has 1 aliphatic heterocycles. The van der Waals surface area contributed by atoms with Crippen molar-refractivity contribution in [2.45, 2.75) is 69.6 Å². The third kappa shape index (κ3) is 7.59. The minimum atomic E-state index is -1.33. The number of unbranched alkanes of at least 4 members (excludes halogenated alkanes) is 1. The number of likely N-dealkylation sites (tertiary alicyclic amines) is 1. The van der Waals surface area contributed by atoms with Crippen molar-refractivity contribution in [1.82, 2.24) is 15.5 Å². The molecule has 4 unspecified atom stereocenters. The van der Waals surface area contributed by atoms with Crippen LogP contribution in [0, 0.1) is 0 Å². The maximum absolute atomic E-state index is 12.7. The zero-order chi connectivity index (χ0) is 22.8. The van der Waals surface area contributed by atoms with Crippen LogP contribution in [0.15, 0.2) is 0 Å². The molecule has 0 aromatic carbocycles. The molecule has 1 aliphatic rings. The molecule has 1 saturated heterocycles. The Morgan fingerprint density at radius 1 is 1.10 bits per heavy atom. The van der Waals surface area contributed by atoms with Crippen molar-refractivity contribution in [2.24, 2.45) is 11.5 Å². The SMILES string of the molecule is CC(NC(=O)C(CCCCN)NC(=O)C(N)CC(=O)O)C(=O)N1CCCC1C(=O)O. The number of nitrogens with zero attached hydrogens (tertiary/aromatic N) is 1. The minimum absolute atomic E-state index is 0.219. The van der Waals surface area contributed by atoms with Crippen molar-refractivity contribution in [2.75, 3.05) is 13.1 Å². The fourth-order valence-corrected chi connectivity index (χ4v) is 3.23. The Labute approximate surface area is 174 Å². The molecule has 0 aromatic heterocycles. The molecule has 1 heterocycles. The largest absolute Gasteiger partial charge is 0.481 e. The summed E-state index contributed by atoms with van der Waals surface area (Å²) in [6.45, 7) is 2.12. The van der Waals surface area contributed by atoms with Crippen molar-refractivity contribution >= 4 is 29.7 Å². The Kier molecular flexibility index (Phi) is 10.2. The average Bonchev–Trinajstić information content (AvgIpc) is 3.15. The topological polar surface area (TPSA) is 205 Å². The monoisotopic (exact) mass is 429 g/mol. The highest BCUT2D eigenvalue weighted by Crippen LogP contribution is 2.18. The van der Waals surface area contributed by atoms with Crippen LogP contribution in [0.2, 0.25) is 0 Å². The summed E-state index contributed by atoms with van der Waals surface area (Å²) in [7, 11) is 0. The second-order valence-corrected chi connectivity index (χ2v) is 7.31. The number of hydrogen-bond donors (Lipinski definition) is 6. The van der Waals surface area contributed by atoms with Crippen LogP contribution in [0.3, 0.4) is 0 Å². The molecule has 8 N–H and O–H groups in total. The number of carbonyl (C=O) groups excluding carboxylic acids is 3. The van der Waals surface area contributed by atoms with E-state index in [4.69, 9.17) is 16.6 Å². The van der Waals surface area contributed by atoms with Gasteiger partial charge in [-0.25, -0.2) is 4.79 Å². The van der Waals surface area contributed by atoms with Crippen LogP contribution in [0.4, 0.5) is 0 Å². The van der Waals surface area contributed by atoms with Gasteiger partial charge in [0.25, 0.3) is 0 Å². The summed E-state index contributed by atoms with van der Waals surface area (Å²) in [5.74, 6) is -4.31. The highest BCUT2D eigenvalue weighted by molar-refractivity contribution is 5.94. The maximum atomic E-state index is 12.7. The molecule has 0 aromatic rings. The van der Waals surface area contributed by atoms with Crippen molar-refractivity contribution < 1.29 is 34.2 Å². The van der Waals surface area contributed by atoms with E-state index in [1.165, 1.54) is 11.8 Å². The molecule has 0 saturated carbocycles. The van der Waals surface area contributed by atoms with Gasteiger partial charge >= 0.3 is 11.9 Å². The molecule has 0 radical (unpaired) electrons. The Bertz CT molecular complexity index is 657. The van der Waals surface area contributed by atoms with E-state index in [0.29, 0.717) is 32.2 Å². The van der Waals surface area contributed by atoms with Gasteiger partial charge in [0.1, 0.15) is 18.1 Å². The third-order valence-corrected chi connectivity index (χ3v) is 4.86. The molecule has 12 nitrogen and oxygen atoms in total. The number of hydrogen-bond acceptors (Lipinski definition) is 7. The van der Waals surface area contributed by atoms with E-state index in [2.05, 4.69) is 10.6 Å². The quantitative estimate of drug-likeness (QED) is 0.189. The van der Waals surface area contributed by atoms with Crippen molar-refractivity contribution in [3.05, 3.63) is 0 Å². The Balaban J connectivity index is 2.77. The molecule has 1 fully saturated rings. The van der Waals surface area contributed by atoms with Gasteiger partial charge in [0.05, 0.1) is 12.5 Å². The summed E-state index contributed by atoms with van der Waals surface area (Å²) in [6, 6.07) is -4.29. The van der Waals surface area contributed by atoms with Gasteiger partial charge in [-0.05, 0) is 45.6 Å². The van der Waals surface area contributed by atoms with Crippen LogP contribution < -0.4 is 22.1 Å². The first kappa shape index (κ1) is 25.3. The summed E-state index contributed by atoms with van der Waals surface area (Å²) in [6.07, 6.45) is 1.64. The van der Waals surface area contributed by atoms with Crippen LogP contribution in [0.1, 0.15) is 45.4 Å². The first-order chi connectivity index (χ1) is 14.1. The van der Waals surface area contributed by atoms with E-state index in [1.54, 1.807) is 0 Å². The van der Waals surface area contributed by atoms with Crippen LogP contribution >= 0.6 is 0 Å². The predicted molar refractivity (Wildman–Crippen MR) is 105 cm³/mol. The molecule has 4 atom stereocenters. The number of rotatable bonds is 12. The van der Waals surface area contributed by atoms with Gasteiger partial charge in [0.2, 0.25) is 17.7 Å². The highest BCUT2D eigenvalue weighted by atomic mass is 16.4. The van der Waals surface area contributed by atoms with Crippen molar-refractivity contribution in [1.29, 1.82) is 0 Å². The Morgan fingerprint density at radius 3 is 2.33 bits per heavy atom. The number of carboxylic acid groups (broad SMARTS) is 2. The maximum Gasteiger partial charge on any atom is 0.326 e. The van der Waals surface area contributed by atoms with Gasteiger partial charge in [0.15, 0.2) is 0 Å². The summed E-state index contributed by atoms with van der Waals surface area (Å²) >= 11 is 0. The van der Waals surface area contributed by atoms with Crippen LogP contribution in [0.5, 0.6) is 0 Å². The number of nitrogens with two attached hydrogens (primary N) is 2. The Hall–Kier alpha value is -2.73. The number of aliphatic carboxylic acids is 2. The molecule has 12 heteroatoms. The Morgan fingerprint density at radius 2 is 1.77 bits per heavy atom. The average molecular weight is 429 g/mol. The number of carboxylic acids is 2. The van der Waals surface area contributed by atoms with Crippen LogP contribution in [0.25, 0.3) is 0 Å². The van der Waals surface area contributed by atoms with E-state index in [1.807, 2.05) is 0 Å². The fourth-order valence-electron chi connectivity index (χ4n) is 3.23. The van der Waals surface area contributed by atoms with Gasteiger partial charge in [-0.3, -0.25) is 19.2 Å². The minimum Gasteiger partial charge on any atom is -0.481 e. The summed E-state index contributed by atoms with van der Waals surface area (Å²) in [4.78, 5) is 60.6. The summed E-state index contributed by atoms with van der Waals surface area (Å²) in [5, 5.41) is 22.9. The first-order valence-corrected chi connectivity index (χ1v) is 9.90. The number of nitrogens with one attached hydrogen (secondary N) is 2. The van der Waals surface area contributed by atoms with E-state index in [0.717, 1.165) is 0 Å². The van der Waals surface area contributed by atoms with Crippen molar-refractivity contribution in [3.63, 3.8) is 0 Å². The third-order valence-electron chi connectivity index (χ3n) is 4.86. The van der Waals surface area contributed by atoms with E-state index in [-0.39, 0.29) is 13.0 Å². The lowest BCUT2D eigenvalue weighted by Gasteiger charge is -2.27. The highest BCUT2D eigenvalue weighted by Gasteiger charge is 2.37. The second-order valence-electron chi connectivity index (χ2n) is 7.31. The number of amides is 3. The lowest BCUT2D eigenvalue weighted by Crippen LogP contribution is -2.56. The van der Waals surface area contributed by atoms with E-state index < -0.39 is 60.2 Å². The zero-order valence-corrected chi connectivity index (χ0v) is 17.0. The lowest BCUT2D eigenvalue weighted by atomic mass is 10.1. The standard InChI is InChI=1S/C18H31N5O7/c1-10(17(28)23-8-4-6-13(23)18(29)30)21-16(27)12(5-2-3-7-19)22-15(26)11(20)9-14(24)25/h10-13H,2-9,19-20H2,1H3,(H,21,27)(H,22,26)(H,24,25)(H,29,30). The number of carbonyl (C=O) groups is 5. The van der Waals surface area contributed by atoms with Gasteiger partial charge in [-0.15, -0.1) is 0 Å². The molecule has 3 amide bonds. The van der Waals surface area contributed by atoms with Crippen LogP contribution in [-0.2, 0) is 24.0 Å². The van der Waals surface area contributed by atoms with Gasteiger partial charge in [-0.1, -0.05) is 0 Å². The summed E-state index contributed by atoms with van der Waals surface area (Å²) in [5.41, 5.74) is 11.0. The fraction of sp³-hybridized carbons (Fsp3) is 0.722. The van der Waals surface area contributed by atoms with Crippen molar-refractivity contribution in [3.8, 4) is 0 Å². The zero-order valence-electron chi connectivity index (χ0n) is 17.0. The molecular formula is C18H31N5O7. The molecule has 0 aliphatic carbocycles. The molecule has 0 bridgehead atoms. The van der Waals surface area contributed by atoms with E-state index >= 15 is 0 Å². The van der Waals surface area contributed by atoms with Gasteiger partial charge in [0, 0.05) is 6.54 Å². The van der Waals surface area contributed by atoms with Crippen LogP contribution in [-0.4, -0.2) is 82.0 Å². The molecule has 0 spiro atoms. The van der Waals surface area contributed by atoms with Gasteiger partial charge < -0.3 is 37.2 Å². The first-order valence-electron chi connectivity index (χ1n) is 9.90. The van der Waals surface area contributed by atoms with Gasteiger partial charge in [-0.2, -0.15) is 0 Å². The molecule has 1 rings (SSSR count). The van der Waals surface area contributed by atoms with E-state index in [9.17, 15) is 29.1 Å². The smallest absolute Gasteiger partial charge is 0.326 e. The normalized spacial score (nSPS) is 18.9. The molecule has 30 heavy (non-hydrogen) atoms. The predicted octanol–water partition coefficient (Wildman–Crippen LogP) is -2.02.